The van der Waals surface area contributed by atoms with E-state index in [1.807, 2.05) is 13.8 Å². The van der Waals surface area contributed by atoms with Crippen LogP contribution in [0.3, 0.4) is 0 Å². The van der Waals surface area contributed by atoms with Gasteiger partial charge in [0, 0.05) is 23.5 Å². The number of alkyl halides is 6. The van der Waals surface area contributed by atoms with Crippen molar-refractivity contribution in [2.24, 2.45) is 0 Å². The number of carbonyl (C=O) groups is 1. The number of hydrogen-bond donors (Lipinski definition) is 2. The minimum atomic E-state index is -5.16. The fourth-order valence-electron chi connectivity index (χ4n) is 3.40. The Balaban J connectivity index is 2.16. The third-order valence-electron chi connectivity index (χ3n) is 4.91. The van der Waals surface area contributed by atoms with E-state index in [0.29, 0.717) is 23.0 Å². The smallest absolute Gasteiger partial charge is 0.420 e. The van der Waals surface area contributed by atoms with Crippen molar-refractivity contribution in [2.75, 3.05) is 0 Å². The predicted octanol–water partition coefficient (Wildman–Crippen LogP) is 7.14. The summed E-state index contributed by atoms with van der Waals surface area (Å²) < 4.78 is 87.4. The van der Waals surface area contributed by atoms with Crippen LogP contribution < -0.4 is 4.74 Å². The number of hydrogen-bond acceptors (Lipinski definition) is 2. The molecule has 0 unspecified atom stereocenters. The number of aliphatic carboxylic acids is 1. The minimum absolute atomic E-state index is 0.0593. The van der Waals surface area contributed by atoms with E-state index in [1.54, 1.807) is 6.20 Å². The van der Waals surface area contributed by atoms with Gasteiger partial charge in [-0.3, -0.25) is 4.79 Å². The Morgan fingerprint density at radius 1 is 1.03 bits per heavy atom. The number of benzene rings is 2. The number of aryl methyl sites for hydroxylation is 1. The second kappa shape index (κ2) is 8.40. The zero-order valence-corrected chi connectivity index (χ0v) is 17.0. The molecule has 0 aliphatic heterocycles. The fraction of sp³-hybridized carbons (Fsp3) is 0.318. The molecule has 2 aromatic carbocycles. The number of halogens is 6. The summed E-state index contributed by atoms with van der Waals surface area (Å²) in [7, 11) is 0. The van der Waals surface area contributed by atoms with Crippen LogP contribution in [0.5, 0.6) is 11.5 Å². The molecule has 0 aliphatic carbocycles. The van der Waals surface area contributed by atoms with E-state index in [4.69, 9.17) is 9.84 Å². The normalized spacial score (nSPS) is 12.5. The molecule has 0 saturated heterocycles. The summed E-state index contributed by atoms with van der Waals surface area (Å²) in [6, 6.07) is 5.18. The Bertz CT molecular complexity index is 1110. The van der Waals surface area contributed by atoms with Crippen LogP contribution in [-0.4, -0.2) is 16.1 Å². The highest BCUT2D eigenvalue weighted by atomic mass is 19.4. The van der Waals surface area contributed by atoms with Gasteiger partial charge in [0.1, 0.15) is 5.75 Å². The van der Waals surface area contributed by atoms with Gasteiger partial charge < -0.3 is 14.8 Å². The number of nitrogens with one attached hydrogen (secondary N) is 1. The Morgan fingerprint density at radius 3 is 2.12 bits per heavy atom. The van der Waals surface area contributed by atoms with Crippen LogP contribution in [0.2, 0.25) is 0 Å². The maximum atomic E-state index is 13.7. The highest BCUT2D eigenvalue weighted by Gasteiger charge is 2.43. The fourth-order valence-corrected chi connectivity index (χ4v) is 3.40. The monoisotopic (exact) mass is 459 g/mol. The number of aromatic nitrogens is 1. The van der Waals surface area contributed by atoms with Gasteiger partial charge in [-0.05, 0) is 53.8 Å². The SMILES string of the molecule is CC(C)c1c[nH]c2ccc(Oc3c(C(F)(F)F)cc(CCC(=O)O)cc3C(F)(F)F)cc12. The zero-order chi connectivity index (χ0) is 23.8. The summed E-state index contributed by atoms with van der Waals surface area (Å²) in [6.07, 6.45) is -9.70. The number of ether oxygens (including phenoxy) is 1. The van der Waals surface area contributed by atoms with Crippen LogP contribution in [-0.2, 0) is 23.6 Å². The van der Waals surface area contributed by atoms with Gasteiger partial charge in [-0.25, -0.2) is 0 Å². The van der Waals surface area contributed by atoms with E-state index in [1.165, 1.54) is 18.2 Å². The van der Waals surface area contributed by atoms with E-state index in [2.05, 4.69) is 4.98 Å². The molecular formula is C22H19F6NO3. The number of H-pyrrole nitrogens is 1. The molecule has 0 aliphatic rings. The summed E-state index contributed by atoms with van der Waals surface area (Å²) in [5, 5.41) is 9.36. The molecule has 3 aromatic rings. The van der Waals surface area contributed by atoms with Gasteiger partial charge in [0.05, 0.1) is 11.1 Å². The molecule has 0 bridgehead atoms. The third kappa shape index (κ3) is 5.00. The first-order valence-corrected chi connectivity index (χ1v) is 9.59. The first kappa shape index (κ1) is 23.5. The standard InChI is InChI=1S/C22H19F6NO3/c1-11(2)15-10-29-18-5-4-13(9-14(15)18)32-20-16(21(23,24)25)7-12(3-6-19(30)31)8-17(20)22(26,27)28/h4-5,7-11,29H,3,6H2,1-2H3,(H,30,31). The van der Waals surface area contributed by atoms with E-state index in [-0.39, 0.29) is 11.7 Å². The molecule has 0 radical (unpaired) electrons. The average molecular weight is 459 g/mol. The summed E-state index contributed by atoms with van der Waals surface area (Å²) in [5.41, 5.74) is -2.14. The predicted molar refractivity (Wildman–Crippen MR) is 105 cm³/mol. The Hall–Kier alpha value is -3.17. The van der Waals surface area contributed by atoms with Gasteiger partial charge in [0.25, 0.3) is 0 Å². The summed E-state index contributed by atoms with van der Waals surface area (Å²) in [4.78, 5) is 13.7. The van der Waals surface area contributed by atoms with Crippen molar-refractivity contribution in [2.45, 2.75) is 45.0 Å². The number of aromatic amines is 1. The average Bonchev–Trinajstić information content (AvgIpc) is 3.08. The minimum Gasteiger partial charge on any atom is -0.481 e. The van der Waals surface area contributed by atoms with Crippen molar-refractivity contribution in [1.82, 2.24) is 4.98 Å². The maximum Gasteiger partial charge on any atom is 0.420 e. The molecule has 4 nitrogen and oxygen atoms in total. The molecule has 1 heterocycles. The lowest BCUT2D eigenvalue weighted by molar-refractivity contribution is -0.145. The van der Waals surface area contributed by atoms with Crippen molar-refractivity contribution in [3.8, 4) is 11.5 Å². The second-order valence-corrected chi connectivity index (χ2v) is 7.62. The molecule has 2 N–H and O–H groups in total. The molecule has 0 spiro atoms. The van der Waals surface area contributed by atoms with Gasteiger partial charge in [-0.2, -0.15) is 26.3 Å². The van der Waals surface area contributed by atoms with Gasteiger partial charge in [0.2, 0.25) is 0 Å². The van der Waals surface area contributed by atoms with Crippen LogP contribution >= 0.6 is 0 Å². The molecule has 3 rings (SSSR count). The van der Waals surface area contributed by atoms with Crippen LogP contribution in [0.1, 0.15) is 48.4 Å². The van der Waals surface area contributed by atoms with Gasteiger partial charge >= 0.3 is 18.3 Å². The van der Waals surface area contributed by atoms with E-state index < -0.39 is 53.6 Å². The molecule has 32 heavy (non-hydrogen) atoms. The Labute approximate surface area is 178 Å². The van der Waals surface area contributed by atoms with E-state index in [9.17, 15) is 31.1 Å². The summed E-state index contributed by atoms with van der Waals surface area (Å²) >= 11 is 0. The quantitative estimate of drug-likeness (QED) is 0.385. The zero-order valence-electron chi connectivity index (χ0n) is 17.0. The molecule has 10 heteroatoms. The summed E-state index contributed by atoms with van der Waals surface area (Å²) in [5.74, 6) is -2.84. The van der Waals surface area contributed by atoms with Crippen LogP contribution in [0.4, 0.5) is 26.3 Å². The lowest BCUT2D eigenvalue weighted by atomic mass is 9.99. The number of carboxylic acid groups (broad SMARTS) is 1. The van der Waals surface area contributed by atoms with Crippen LogP contribution in [0, 0.1) is 0 Å². The molecule has 172 valence electrons. The van der Waals surface area contributed by atoms with Crippen molar-refractivity contribution in [1.29, 1.82) is 0 Å². The van der Waals surface area contributed by atoms with Gasteiger partial charge in [-0.15, -0.1) is 0 Å². The molecular weight excluding hydrogens is 440 g/mol. The van der Waals surface area contributed by atoms with Gasteiger partial charge in [-0.1, -0.05) is 13.8 Å². The molecule has 0 atom stereocenters. The number of fused-ring (bicyclic) bond motifs is 1. The first-order chi connectivity index (χ1) is 14.8. The largest absolute Gasteiger partial charge is 0.481 e. The number of rotatable bonds is 6. The van der Waals surface area contributed by atoms with Crippen LogP contribution in [0.25, 0.3) is 10.9 Å². The molecule has 1 aromatic heterocycles. The molecule has 0 saturated carbocycles. The van der Waals surface area contributed by atoms with Crippen molar-refractivity contribution in [3.05, 3.63) is 58.8 Å². The lowest BCUT2D eigenvalue weighted by Gasteiger charge is -2.20. The maximum absolute atomic E-state index is 13.7. The van der Waals surface area contributed by atoms with E-state index >= 15 is 0 Å². The van der Waals surface area contributed by atoms with Crippen molar-refractivity contribution in [3.63, 3.8) is 0 Å². The Kier molecular flexibility index (Phi) is 6.17. The summed E-state index contributed by atoms with van der Waals surface area (Å²) in [6.45, 7) is 3.80. The number of carboxylic acids is 1. The van der Waals surface area contributed by atoms with E-state index in [0.717, 1.165) is 5.56 Å². The van der Waals surface area contributed by atoms with Crippen molar-refractivity contribution >= 4 is 16.9 Å². The topological polar surface area (TPSA) is 62.3 Å². The molecule has 0 amide bonds. The second-order valence-electron chi connectivity index (χ2n) is 7.62. The van der Waals surface area contributed by atoms with Crippen molar-refractivity contribution < 1.29 is 41.0 Å². The molecule has 0 fully saturated rings. The Morgan fingerprint density at radius 2 is 1.62 bits per heavy atom. The first-order valence-electron chi connectivity index (χ1n) is 9.59. The highest BCUT2D eigenvalue weighted by molar-refractivity contribution is 5.85. The van der Waals surface area contributed by atoms with Gasteiger partial charge in [0.15, 0.2) is 5.75 Å². The highest BCUT2D eigenvalue weighted by Crippen LogP contribution is 2.47. The van der Waals surface area contributed by atoms with Crippen LogP contribution in [0.15, 0.2) is 36.5 Å². The lowest BCUT2D eigenvalue weighted by Crippen LogP contribution is -2.15. The third-order valence-corrected chi connectivity index (χ3v) is 4.91.